The van der Waals surface area contributed by atoms with E-state index in [1.165, 1.54) is 18.2 Å². The molecule has 0 aliphatic heterocycles. The Labute approximate surface area is 229 Å². The minimum absolute atomic E-state index is 0.00114. The fourth-order valence-electron chi connectivity index (χ4n) is 6.14. The van der Waals surface area contributed by atoms with Gasteiger partial charge in [-0.2, -0.15) is 8.42 Å². The van der Waals surface area contributed by atoms with Gasteiger partial charge in [0.25, 0.3) is 15.9 Å². The second-order valence-electron chi connectivity index (χ2n) is 11.5. The van der Waals surface area contributed by atoms with Crippen molar-refractivity contribution in [2.24, 2.45) is 16.7 Å². The van der Waals surface area contributed by atoms with E-state index in [0.29, 0.717) is 11.7 Å². The molecule has 3 N–H and O–H groups in total. The highest BCUT2D eigenvalue weighted by atomic mass is 32.2. The summed E-state index contributed by atoms with van der Waals surface area (Å²) in [4.78, 5) is 22.1. The van der Waals surface area contributed by atoms with Crippen LogP contribution in [0.3, 0.4) is 0 Å². The molecule has 2 atom stereocenters. The van der Waals surface area contributed by atoms with Gasteiger partial charge in [-0.15, -0.1) is 0 Å². The molecule has 1 aromatic carbocycles. The summed E-state index contributed by atoms with van der Waals surface area (Å²) in [6.07, 6.45) is 4.49. The fourth-order valence-corrected chi connectivity index (χ4v) is 7.08. The second kappa shape index (κ2) is 9.19. The van der Waals surface area contributed by atoms with Crippen LogP contribution in [-0.4, -0.2) is 24.3 Å². The molecule has 1 unspecified atom stereocenters. The molecule has 2 aromatic heterocycles. The van der Waals surface area contributed by atoms with Gasteiger partial charge in [0.05, 0.1) is 5.69 Å². The molecule has 0 saturated heterocycles. The average Bonchev–Trinajstić information content (AvgIpc) is 3.19. The molecule has 3 aromatic rings. The molecule has 1 amide bonds. The number of sulfonamides is 1. The zero-order valence-electron chi connectivity index (χ0n) is 23.1. The lowest BCUT2D eigenvalue weighted by molar-refractivity contribution is 0.0978. The molecular formula is C30H34N4O4S. The quantitative estimate of drug-likeness (QED) is 0.404. The molecule has 2 heterocycles. The third kappa shape index (κ3) is 4.48. The number of hydrogen-bond acceptors (Lipinski definition) is 7. The number of anilines is 1. The molecular weight excluding hydrogens is 512 g/mol. The number of benzene rings is 1. The number of nitrogens with zero attached hydrogens (tertiary/aromatic N) is 2. The number of allylic oxidation sites excluding steroid dienone is 2. The van der Waals surface area contributed by atoms with E-state index in [2.05, 4.69) is 36.6 Å². The molecule has 8 nitrogen and oxygen atoms in total. The summed E-state index contributed by atoms with van der Waals surface area (Å²) in [5, 5.41) is -0.351. The first-order valence-electron chi connectivity index (χ1n) is 13.0. The van der Waals surface area contributed by atoms with Crippen molar-refractivity contribution < 1.29 is 17.9 Å². The maximum Gasteiger partial charge on any atom is 0.281 e. The Kier molecular flexibility index (Phi) is 6.33. The van der Waals surface area contributed by atoms with Gasteiger partial charge in [0.1, 0.15) is 17.1 Å². The number of carbonyl (C=O) groups excluding carboxylic acids is 1. The maximum atomic E-state index is 13.4. The number of nitrogens with one attached hydrogen (secondary N) is 1. The summed E-state index contributed by atoms with van der Waals surface area (Å²) in [7, 11) is -4.29. The van der Waals surface area contributed by atoms with Crippen LogP contribution < -0.4 is 15.2 Å². The first-order valence-corrected chi connectivity index (χ1v) is 14.5. The summed E-state index contributed by atoms with van der Waals surface area (Å²) >= 11 is 0. The molecule has 1 saturated carbocycles. The molecule has 0 radical (unpaired) electrons. The topological polar surface area (TPSA) is 124 Å². The van der Waals surface area contributed by atoms with Gasteiger partial charge < -0.3 is 10.5 Å². The number of pyridine rings is 2. The number of fused-ring (bicyclic) bond motifs is 2. The minimum atomic E-state index is -4.29. The highest BCUT2D eigenvalue weighted by molar-refractivity contribution is 7.90. The van der Waals surface area contributed by atoms with Crippen molar-refractivity contribution in [2.75, 3.05) is 5.73 Å². The number of aryl methyl sites for hydroxylation is 3. The van der Waals surface area contributed by atoms with Crippen molar-refractivity contribution in [2.45, 2.75) is 59.4 Å². The van der Waals surface area contributed by atoms with E-state index in [4.69, 9.17) is 15.5 Å². The number of ether oxygens (including phenoxy) is 1. The lowest BCUT2D eigenvalue weighted by Gasteiger charge is -2.37. The Hall–Kier alpha value is -3.72. The molecule has 2 bridgehead atoms. The van der Waals surface area contributed by atoms with Crippen molar-refractivity contribution in [1.29, 1.82) is 0 Å². The second-order valence-corrected chi connectivity index (χ2v) is 13.1. The molecule has 204 valence electrons. The lowest BCUT2D eigenvalue weighted by Crippen LogP contribution is -2.32. The van der Waals surface area contributed by atoms with E-state index in [0.717, 1.165) is 40.8 Å². The van der Waals surface area contributed by atoms with Gasteiger partial charge in [0.15, 0.2) is 5.03 Å². The predicted molar refractivity (Wildman–Crippen MR) is 151 cm³/mol. The van der Waals surface area contributed by atoms with Crippen LogP contribution in [-0.2, 0) is 10.0 Å². The van der Waals surface area contributed by atoms with E-state index in [1.54, 1.807) is 12.1 Å². The van der Waals surface area contributed by atoms with E-state index in [-0.39, 0.29) is 33.1 Å². The zero-order chi connectivity index (χ0) is 28.3. The zero-order valence-corrected chi connectivity index (χ0v) is 23.9. The number of hydrogen-bond donors (Lipinski definition) is 2. The lowest BCUT2D eigenvalue weighted by atomic mass is 9.67. The predicted octanol–water partition coefficient (Wildman–Crippen LogP) is 5.73. The van der Waals surface area contributed by atoms with Gasteiger partial charge in [-0.05, 0) is 91.3 Å². The monoisotopic (exact) mass is 546 g/mol. The van der Waals surface area contributed by atoms with Gasteiger partial charge in [0, 0.05) is 0 Å². The van der Waals surface area contributed by atoms with E-state index < -0.39 is 15.9 Å². The molecule has 9 heteroatoms. The maximum absolute atomic E-state index is 13.4. The molecule has 2 aliphatic carbocycles. The van der Waals surface area contributed by atoms with E-state index >= 15 is 0 Å². The SMILES string of the molecule is Cc1cc(C)c(Oc2nc(C3=C[C@@H]4CCC3(C)C4(C)C)ccc2C(=O)NS(=O)(=O)c2cccc(N)n2)c(C)c1. The highest BCUT2D eigenvalue weighted by Crippen LogP contribution is 2.67. The van der Waals surface area contributed by atoms with Gasteiger partial charge in [-0.3, -0.25) is 4.79 Å². The fraction of sp³-hybridized carbons (Fsp3) is 0.367. The van der Waals surface area contributed by atoms with Crippen LogP contribution in [0.5, 0.6) is 11.6 Å². The van der Waals surface area contributed by atoms with E-state index in [9.17, 15) is 13.2 Å². The first-order chi connectivity index (χ1) is 18.2. The number of aromatic nitrogens is 2. The number of rotatable bonds is 6. The number of nitrogen functional groups attached to an aromatic ring is 1. The number of carbonyl (C=O) groups is 1. The summed E-state index contributed by atoms with van der Waals surface area (Å²) in [6, 6.07) is 11.5. The van der Waals surface area contributed by atoms with Gasteiger partial charge in [-0.1, -0.05) is 50.6 Å². The van der Waals surface area contributed by atoms with Crippen molar-refractivity contribution in [3.8, 4) is 11.6 Å². The Morgan fingerprint density at radius 2 is 1.74 bits per heavy atom. The van der Waals surface area contributed by atoms with Gasteiger partial charge >= 0.3 is 0 Å². The van der Waals surface area contributed by atoms with Crippen LogP contribution >= 0.6 is 0 Å². The van der Waals surface area contributed by atoms with Crippen LogP contribution in [0, 0.1) is 37.5 Å². The molecule has 0 spiro atoms. The van der Waals surface area contributed by atoms with E-state index in [1.807, 2.05) is 32.9 Å². The summed E-state index contributed by atoms with van der Waals surface area (Å²) in [5.74, 6) is 0.226. The Bertz CT molecular complexity index is 1620. The Balaban J connectivity index is 1.58. The third-order valence-corrected chi connectivity index (χ3v) is 9.93. The standard InChI is InChI=1S/C30H34N4O4S/c1-17-14-18(2)26(19(3)15-17)38-28-21(27(35)34-39(36,37)25-9-7-8-24(31)33-25)10-11-23(32-28)22-16-20-12-13-30(22,6)29(20,4)5/h7-11,14-16,20H,12-13H2,1-6H3,(H2,31,33)(H,34,35)/t20-,30?/m0/s1. The van der Waals surface area contributed by atoms with Crippen LogP contribution in [0.2, 0.25) is 0 Å². The molecule has 5 rings (SSSR count). The number of nitrogens with two attached hydrogens (primary N) is 1. The smallest absolute Gasteiger partial charge is 0.281 e. The normalized spacial score (nSPS) is 21.5. The van der Waals surface area contributed by atoms with Crippen molar-refractivity contribution >= 4 is 27.3 Å². The van der Waals surface area contributed by atoms with Crippen molar-refractivity contribution in [1.82, 2.24) is 14.7 Å². The Morgan fingerprint density at radius 3 is 2.33 bits per heavy atom. The molecule has 2 aliphatic rings. The van der Waals surface area contributed by atoms with Crippen molar-refractivity contribution in [3.63, 3.8) is 0 Å². The molecule has 39 heavy (non-hydrogen) atoms. The average molecular weight is 547 g/mol. The number of amides is 1. The largest absolute Gasteiger partial charge is 0.438 e. The van der Waals surface area contributed by atoms with Crippen LogP contribution in [0.15, 0.2) is 53.6 Å². The highest BCUT2D eigenvalue weighted by Gasteiger charge is 2.57. The van der Waals surface area contributed by atoms with Crippen LogP contribution in [0.4, 0.5) is 5.82 Å². The summed E-state index contributed by atoms with van der Waals surface area (Å²) < 4.78 is 34.3. The van der Waals surface area contributed by atoms with Gasteiger partial charge in [-0.25, -0.2) is 14.7 Å². The summed E-state index contributed by atoms with van der Waals surface area (Å²) in [5.41, 5.74) is 10.4. The van der Waals surface area contributed by atoms with Gasteiger partial charge in [0.2, 0.25) is 5.88 Å². The first kappa shape index (κ1) is 26.9. The van der Waals surface area contributed by atoms with Crippen molar-refractivity contribution in [3.05, 3.63) is 76.5 Å². The Morgan fingerprint density at radius 1 is 1.05 bits per heavy atom. The third-order valence-electron chi connectivity index (χ3n) is 8.70. The van der Waals surface area contributed by atoms with Crippen LogP contribution in [0.25, 0.3) is 5.57 Å². The van der Waals surface area contributed by atoms with Crippen LogP contribution in [0.1, 0.15) is 66.4 Å². The summed E-state index contributed by atoms with van der Waals surface area (Å²) in [6.45, 7) is 12.7. The minimum Gasteiger partial charge on any atom is -0.438 e. The molecule has 1 fully saturated rings.